The van der Waals surface area contributed by atoms with E-state index in [1.54, 1.807) is 19.3 Å². The first-order chi connectivity index (χ1) is 13.9. The van der Waals surface area contributed by atoms with Crippen molar-refractivity contribution in [3.05, 3.63) is 69.7 Å². The Labute approximate surface area is 177 Å². The number of pyridine rings is 1. The Kier molecular flexibility index (Phi) is 5.36. The van der Waals surface area contributed by atoms with Gasteiger partial charge < -0.3 is 9.64 Å². The summed E-state index contributed by atoms with van der Waals surface area (Å²) >= 11 is 7.51. The zero-order valence-electron chi connectivity index (χ0n) is 16.2. The lowest BCUT2D eigenvalue weighted by Gasteiger charge is -2.14. The van der Waals surface area contributed by atoms with Crippen molar-refractivity contribution in [3.63, 3.8) is 0 Å². The maximum Gasteiger partial charge on any atom is 0.305 e. The number of hydrogen-bond acceptors (Lipinski definition) is 6. The molecule has 0 spiro atoms. The predicted octanol–water partition coefficient (Wildman–Crippen LogP) is 4.56. The van der Waals surface area contributed by atoms with Gasteiger partial charge in [-0.3, -0.25) is 14.3 Å². The summed E-state index contributed by atoms with van der Waals surface area (Å²) in [6.45, 7) is 0.615. The van der Waals surface area contributed by atoms with E-state index >= 15 is 0 Å². The molecule has 0 N–H and O–H groups in total. The smallest absolute Gasteiger partial charge is 0.305 e. The summed E-state index contributed by atoms with van der Waals surface area (Å²) in [6, 6.07) is 13.3. The average Bonchev–Trinajstić information content (AvgIpc) is 3.11. The molecular formula is C21H19ClN4O2S. The molecule has 0 unspecified atom stereocenters. The van der Waals surface area contributed by atoms with Gasteiger partial charge in [-0.15, -0.1) is 11.3 Å². The van der Waals surface area contributed by atoms with Crippen molar-refractivity contribution in [3.8, 4) is 22.2 Å². The summed E-state index contributed by atoms with van der Waals surface area (Å²) in [4.78, 5) is 24.8. The van der Waals surface area contributed by atoms with Crippen LogP contribution in [0.1, 0.15) is 5.69 Å². The van der Waals surface area contributed by atoms with Crippen molar-refractivity contribution in [2.75, 3.05) is 14.1 Å². The predicted molar refractivity (Wildman–Crippen MR) is 117 cm³/mol. The van der Waals surface area contributed by atoms with Crippen LogP contribution in [0.25, 0.3) is 20.7 Å². The summed E-state index contributed by atoms with van der Waals surface area (Å²) in [6.07, 6.45) is 1.72. The van der Waals surface area contributed by atoms with Crippen molar-refractivity contribution in [2.24, 2.45) is 7.05 Å². The van der Waals surface area contributed by atoms with Crippen LogP contribution in [0.3, 0.4) is 0 Å². The monoisotopic (exact) mass is 426 g/mol. The van der Waals surface area contributed by atoms with Crippen LogP contribution in [0.4, 0.5) is 0 Å². The molecule has 8 heteroatoms. The van der Waals surface area contributed by atoms with E-state index in [2.05, 4.69) is 9.97 Å². The van der Waals surface area contributed by atoms with Crippen LogP contribution in [0.2, 0.25) is 5.02 Å². The summed E-state index contributed by atoms with van der Waals surface area (Å²) in [5.74, 6) is 0.577. The minimum atomic E-state index is -0.152. The SMILES string of the molecule is CN(C)Cc1ncccc1Oc1nc2cc(-c3cccc(Cl)c3)sc2c(=O)n1C. The van der Waals surface area contributed by atoms with Crippen LogP contribution in [0.5, 0.6) is 11.8 Å². The van der Waals surface area contributed by atoms with Gasteiger partial charge in [-0.25, -0.2) is 0 Å². The van der Waals surface area contributed by atoms with Gasteiger partial charge in [-0.2, -0.15) is 4.98 Å². The third-order valence-corrected chi connectivity index (χ3v) is 5.74. The number of nitrogens with zero attached hydrogens (tertiary/aromatic N) is 4. The normalized spacial score (nSPS) is 11.3. The number of hydrogen-bond donors (Lipinski definition) is 0. The van der Waals surface area contributed by atoms with E-state index in [9.17, 15) is 4.79 Å². The minimum Gasteiger partial charge on any atom is -0.423 e. The van der Waals surface area contributed by atoms with Crippen molar-refractivity contribution in [2.45, 2.75) is 6.54 Å². The van der Waals surface area contributed by atoms with Crippen LogP contribution < -0.4 is 10.3 Å². The molecule has 0 aliphatic rings. The zero-order valence-corrected chi connectivity index (χ0v) is 17.8. The number of halogens is 1. The second-order valence-corrected chi connectivity index (χ2v) is 8.37. The van der Waals surface area contributed by atoms with E-state index in [-0.39, 0.29) is 11.6 Å². The second kappa shape index (κ2) is 7.94. The summed E-state index contributed by atoms with van der Waals surface area (Å²) in [5, 5.41) is 0.648. The molecule has 4 rings (SSSR count). The third kappa shape index (κ3) is 4.03. The molecule has 0 atom stereocenters. The van der Waals surface area contributed by atoms with Crippen LogP contribution >= 0.6 is 22.9 Å². The Morgan fingerprint density at radius 3 is 2.79 bits per heavy atom. The fourth-order valence-corrected chi connectivity index (χ4v) is 4.20. The number of rotatable bonds is 5. The van der Waals surface area contributed by atoms with Gasteiger partial charge in [0.05, 0.1) is 11.2 Å². The van der Waals surface area contributed by atoms with Gasteiger partial charge >= 0.3 is 6.01 Å². The zero-order chi connectivity index (χ0) is 20.5. The van der Waals surface area contributed by atoms with Gasteiger partial charge in [0.25, 0.3) is 5.56 Å². The summed E-state index contributed by atoms with van der Waals surface area (Å²) < 4.78 is 8.01. The molecule has 0 fully saturated rings. The molecule has 4 aromatic rings. The lowest BCUT2D eigenvalue weighted by atomic mass is 10.2. The second-order valence-electron chi connectivity index (χ2n) is 6.88. The molecule has 3 heterocycles. The summed E-state index contributed by atoms with van der Waals surface area (Å²) in [7, 11) is 5.58. The van der Waals surface area contributed by atoms with E-state index in [1.807, 2.05) is 55.4 Å². The highest BCUT2D eigenvalue weighted by Gasteiger charge is 2.16. The molecule has 1 aromatic carbocycles. The van der Waals surface area contributed by atoms with Gasteiger partial charge in [-0.1, -0.05) is 23.7 Å². The molecule has 0 aliphatic carbocycles. The molecule has 6 nitrogen and oxygen atoms in total. The van der Waals surface area contributed by atoms with Gasteiger partial charge in [0.1, 0.15) is 4.70 Å². The number of benzene rings is 1. The molecule has 0 radical (unpaired) electrons. The maximum atomic E-state index is 12.9. The Morgan fingerprint density at radius 1 is 1.21 bits per heavy atom. The number of aromatic nitrogens is 3. The van der Waals surface area contributed by atoms with Gasteiger partial charge in [-0.05, 0) is 50.0 Å². The van der Waals surface area contributed by atoms with Crippen molar-refractivity contribution in [1.82, 2.24) is 19.4 Å². The standard InChI is InChI=1S/C21H19ClN4O2S/c1-25(2)12-16-17(8-5-9-23-16)28-21-24-15-11-18(13-6-4-7-14(22)10-13)29-19(15)20(27)26(21)3/h4-11H,12H2,1-3H3. The number of ether oxygens (including phenoxy) is 1. The Morgan fingerprint density at radius 2 is 2.03 bits per heavy atom. The van der Waals surface area contributed by atoms with E-state index in [0.717, 1.165) is 16.1 Å². The lowest BCUT2D eigenvalue weighted by molar-refractivity contribution is 0.368. The Bertz CT molecular complexity index is 1250. The van der Waals surface area contributed by atoms with Crippen molar-refractivity contribution < 1.29 is 4.74 Å². The van der Waals surface area contributed by atoms with Gasteiger partial charge in [0.15, 0.2) is 5.75 Å². The first-order valence-electron chi connectivity index (χ1n) is 8.95. The molecule has 29 heavy (non-hydrogen) atoms. The van der Waals surface area contributed by atoms with E-state index in [4.69, 9.17) is 16.3 Å². The quantitative estimate of drug-likeness (QED) is 0.468. The van der Waals surface area contributed by atoms with Crippen LogP contribution in [-0.2, 0) is 13.6 Å². The topological polar surface area (TPSA) is 60.2 Å². The van der Waals surface area contributed by atoms with E-state index in [1.165, 1.54) is 15.9 Å². The van der Waals surface area contributed by atoms with Crippen molar-refractivity contribution in [1.29, 1.82) is 0 Å². The fraction of sp³-hybridized carbons (Fsp3) is 0.190. The Hall–Kier alpha value is -2.74. The number of thiophene rings is 1. The molecule has 0 amide bonds. The van der Waals surface area contributed by atoms with E-state index < -0.39 is 0 Å². The van der Waals surface area contributed by atoms with Gasteiger partial charge in [0, 0.05) is 29.7 Å². The average molecular weight is 427 g/mol. The minimum absolute atomic E-state index is 0.152. The fourth-order valence-electron chi connectivity index (χ4n) is 2.94. The highest BCUT2D eigenvalue weighted by Crippen LogP contribution is 2.33. The first kappa shape index (κ1) is 19.6. The van der Waals surface area contributed by atoms with Gasteiger partial charge in [0.2, 0.25) is 0 Å². The van der Waals surface area contributed by atoms with Crippen LogP contribution in [0, 0.1) is 0 Å². The van der Waals surface area contributed by atoms with Crippen LogP contribution in [0.15, 0.2) is 53.5 Å². The highest BCUT2D eigenvalue weighted by molar-refractivity contribution is 7.22. The largest absolute Gasteiger partial charge is 0.423 e. The molecular weight excluding hydrogens is 408 g/mol. The molecule has 0 saturated heterocycles. The molecule has 0 bridgehead atoms. The van der Waals surface area contributed by atoms with Crippen LogP contribution in [-0.4, -0.2) is 33.5 Å². The Balaban J connectivity index is 1.77. The molecule has 148 valence electrons. The van der Waals surface area contributed by atoms with E-state index in [0.29, 0.717) is 27.5 Å². The number of fused-ring (bicyclic) bond motifs is 1. The first-order valence-corrected chi connectivity index (χ1v) is 10.1. The lowest BCUT2D eigenvalue weighted by Crippen LogP contribution is -2.19. The maximum absolute atomic E-state index is 12.9. The van der Waals surface area contributed by atoms with Crippen molar-refractivity contribution >= 4 is 33.2 Å². The highest BCUT2D eigenvalue weighted by atomic mass is 35.5. The summed E-state index contributed by atoms with van der Waals surface area (Å²) in [5.41, 5.74) is 2.17. The molecule has 3 aromatic heterocycles. The molecule has 0 saturated carbocycles. The third-order valence-electron chi connectivity index (χ3n) is 4.34. The molecule has 0 aliphatic heterocycles.